The van der Waals surface area contributed by atoms with E-state index < -0.39 is 5.97 Å². The third-order valence-corrected chi connectivity index (χ3v) is 9.44. The van der Waals surface area contributed by atoms with Crippen LogP contribution in [0.15, 0.2) is 23.8 Å². The van der Waals surface area contributed by atoms with Crippen LogP contribution in [0.25, 0.3) is 0 Å². The molecule has 0 fully saturated rings. The van der Waals surface area contributed by atoms with E-state index in [1.54, 1.807) is 0 Å². The number of unbranched alkanes of at least 4 members (excludes halogenated alkanes) is 33. The second kappa shape index (κ2) is 38.1. The van der Waals surface area contributed by atoms with Crippen molar-refractivity contribution in [3.8, 4) is 0 Å². The predicted molar refractivity (Wildman–Crippen MR) is 198 cm³/mol. The SMILES string of the molecule is CCCCCCCCCCCCCCCCCC=C(C=CCCCCCCCCCCCCCCCCCCCC)C(=O)O. The highest BCUT2D eigenvalue weighted by molar-refractivity contribution is 5.89. The molecule has 260 valence electrons. The molecule has 0 aliphatic carbocycles. The molecule has 1 N–H and O–H groups in total. The summed E-state index contributed by atoms with van der Waals surface area (Å²) in [7, 11) is 0. The molecule has 0 aromatic heterocycles. The summed E-state index contributed by atoms with van der Waals surface area (Å²) in [5.74, 6) is -0.778. The molecule has 0 atom stereocenters. The largest absolute Gasteiger partial charge is 0.478 e. The quantitative estimate of drug-likeness (QED) is 0.0428. The van der Waals surface area contributed by atoms with E-state index in [2.05, 4.69) is 19.9 Å². The Hall–Kier alpha value is -1.05. The summed E-state index contributed by atoms with van der Waals surface area (Å²) in [5.41, 5.74) is 0.484. The number of hydrogen-bond donors (Lipinski definition) is 1. The predicted octanol–water partition coefficient (Wildman–Crippen LogP) is 15.2. The van der Waals surface area contributed by atoms with Crippen LogP contribution < -0.4 is 0 Å². The molecule has 0 unspecified atom stereocenters. The lowest BCUT2D eigenvalue weighted by Crippen LogP contribution is -1.97. The summed E-state index contributed by atoms with van der Waals surface area (Å²) in [5, 5.41) is 9.54. The minimum absolute atomic E-state index is 0.484. The highest BCUT2D eigenvalue weighted by Crippen LogP contribution is 2.16. The zero-order chi connectivity index (χ0) is 32.0. The van der Waals surface area contributed by atoms with E-state index in [9.17, 15) is 9.90 Å². The van der Waals surface area contributed by atoms with Gasteiger partial charge in [-0.15, -0.1) is 0 Å². The summed E-state index contributed by atoms with van der Waals surface area (Å²) >= 11 is 0. The van der Waals surface area contributed by atoms with Crippen molar-refractivity contribution in [1.82, 2.24) is 0 Å². The van der Waals surface area contributed by atoms with E-state index in [-0.39, 0.29) is 0 Å². The van der Waals surface area contributed by atoms with Crippen molar-refractivity contribution < 1.29 is 9.90 Å². The maximum atomic E-state index is 11.6. The van der Waals surface area contributed by atoms with Gasteiger partial charge < -0.3 is 5.11 Å². The van der Waals surface area contributed by atoms with Crippen LogP contribution in [0.4, 0.5) is 0 Å². The number of aliphatic carboxylic acids is 1. The Morgan fingerprint density at radius 3 is 0.909 bits per heavy atom. The van der Waals surface area contributed by atoms with Gasteiger partial charge in [-0.2, -0.15) is 0 Å². The molecule has 0 saturated carbocycles. The first-order valence-corrected chi connectivity index (χ1v) is 20.3. The fourth-order valence-corrected chi connectivity index (χ4v) is 6.37. The minimum atomic E-state index is -0.778. The molecule has 44 heavy (non-hydrogen) atoms. The number of hydrogen-bond acceptors (Lipinski definition) is 1. The molecule has 0 saturated heterocycles. The topological polar surface area (TPSA) is 37.3 Å². The van der Waals surface area contributed by atoms with Crippen LogP contribution in [0, 0.1) is 0 Å². The molecule has 0 aliphatic heterocycles. The van der Waals surface area contributed by atoms with Crippen molar-refractivity contribution in [2.75, 3.05) is 0 Å². The summed E-state index contributed by atoms with van der Waals surface area (Å²) < 4.78 is 0. The fourth-order valence-electron chi connectivity index (χ4n) is 6.37. The third kappa shape index (κ3) is 35.4. The number of allylic oxidation sites excluding steroid dienone is 2. The van der Waals surface area contributed by atoms with E-state index in [1.165, 1.54) is 205 Å². The van der Waals surface area contributed by atoms with Crippen LogP contribution in [0.5, 0.6) is 0 Å². The smallest absolute Gasteiger partial charge is 0.335 e. The third-order valence-electron chi connectivity index (χ3n) is 9.44. The van der Waals surface area contributed by atoms with Crippen LogP contribution in [-0.4, -0.2) is 11.1 Å². The minimum Gasteiger partial charge on any atom is -0.478 e. The van der Waals surface area contributed by atoms with Gasteiger partial charge in [0.2, 0.25) is 0 Å². The van der Waals surface area contributed by atoms with Crippen molar-refractivity contribution in [3.05, 3.63) is 23.8 Å². The zero-order valence-corrected chi connectivity index (χ0v) is 30.3. The van der Waals surface area contributed by atoms with Crippen molar-refractivity contribution in [3.63, 3.8) is 0 Å². The van der Waals surface area contributed by atoms with Gasteiger partial charge in [-0.25, -0.2) is 4.79 Å². The molecule has 0 bridgehead atoms. The summed E-state index contributed by atoms with van der Waals surface area (Å²) in [6.07, 6.45) is 53.4. The van der Waals surface area contributed by atoms with Crippen LogP contribution in [0.1, 0.15) is 239 Å². The molecule has 0 aromatic carbocycles. The van der Waals surface area contributed by atoms with Gasteiger partial charge in [0.05, 0.1) is 5.57 Å². The van der Waals surface area contributed by atoms with Gasteiger partial charge in [0.15, 0.2) is 0 Å². The number of rotatable bonds is 37. The van der Waals surface area contributed by atoms with Gasteiger partial charge in [-0.1, -0.05) is 231 Å². The average molecular weight is 617 g/mol. The Morgan fingerprint density at radius 2 is 0.636 bits per heavy atom. The zero-order valence-electron chi connectivity index (χ0n) is 30.3. The van der Waals surface area contributed by atoms with Gasteiger partial charge in [0.25, 0.3) is 0 Å². The Labute approximate surface area is 277 Å². The lowest BCUT2D eigenvalue weighted by atomic mass is 10.0. The molecule has 0 amide bonds. The van der Waals surface area contributed by atoms with E-state index in [0.717, 1.165) is 19.3 Å². The van der Waals surface area contributed by atoms with Gasteiger partial charge >= 0.3 is 5.97 Å². The van der Waals surface area contributed by atoms with E-state index in [0.29, 0.717) is 5.57 Å². The Kier molecular flexibility index (Phi) is 37.2. The number of carbonyl (C=O) groups is 1. The Balaban J connectivity index is 3.49. The molecular formula is C42H80O2. The lowest BCUT2D eigenvalue weighted by Gasteiger charge is -2.03. The summed E-state index contributed by atoms with van der Waals surface area (Å²) in [4.78, 5) is 11.6. The van der Waals surface area contributed by atoms with Crippen molar-refractivity contribution in [2.24, 2.45) is 0 Å². The maximum absolute atomic E-state index is 11.6. The number of carboxylic acids is 1. The maximum Gasteiger partial charge on any atom is 0.335 e. The van der Waals surface area contributed by atoms with Crippen LogP contribution in [0.2, 0.25) is 0 Å². The van der Waals surface area contributed by atoms with Crippen LogP contribution in [-0.2, 0) is 4.79 Å². The summed E-state index contributed by atoms with van der Waals surface area (Å²) in [6.45, 7) is 4.58. The molecule has 0 rings (SSSR count). The van der Waals surface area contributed by atoms with Crippen LogP contribution >= 0.6 is 0 Å². The van der Waals surface area contributed by atoms with E-state index in [1.807, 2.05) is 12.2 Å². The molecule has 0 aliphatic rings. The van der Waals surface area contributed by atoms with Crippen molar-refractivity contribution in [2.45, 2.75) is 239 Å². The molecular weight excluding hydrogens is 536 g/mol. The first-order chi connectivity index (χ1) is 21.7. The Bertz CT molecular complexity index is 619. The van der Waals surface area contributed by atoms with Gasteiger partial charge in [0.1, 0.15) is 0 Å². The van der Waals surface area contributed by atoms with Gasteiger partial charge in [-0.3, -0.25) is 0 Å². The monoisotopic (exact) mass is 617 g/mol. The van der Waals surface area contributed by atoms with E-state index >= 15 is 0 Å². The van der Waals surface area contributed by atoms with Crippen LogP contribution in [0.3, 0.4) is 0 Å². The summed E-state index contributed by atoms with van der Waals surface area (Å²) in [6, 6.07) is 0. The van der Waals surface area contributed by atoms with Gasteiger partial charge in [0, 0.05) is 0 Å². The highest BCUT2D eigenvalue weighted by Gasteiger charge is 2.02. The molecule has 0 spiro atoms. The molecule has 0 radical (unpaired) electrons. The highest BCUT2D eigenvalue weighted by atomic mass is 16.4. The first kappa shape index (κ1) is 43.0. The molecule has 2 heteroatoms. The second-order valence-electron chi connectivity index (χ2n) is 13.9. The Morgan fingerprint density at radius 1 is 0.386 bits per heavy atom. The van der Waals surface area contributed by atoms with E-state index in [4.69, 9.17) is 0 Å². The number of carboxylic acid groups (broad SMARTS) is 1. The fraction of sp³-hybridized carbons (Fsp3) is 0.881. The standard InChI is InChI=1S/C42H80O2/c1-3-5-7-9-11-13-15-17-19-21-22-23-24-26-28-30-32-34-36-38-40-41(42(43)44)39-37-35-33-31-29-27-25-20-18-16-14-12-10-8-6-4-2/h38-40H,3-37H2,1-2H3,(H,43,44). The molecule has 2 nitrogen and oxygen atoms in total. The second-order valence-corrected chi connectivity index (χ2v) is 13.9. The normalized spacial score (nSPS) is 12.1. The average Bonchev–Trinajstić information content (AvgIpc) is 3.02. The lowest BCUT2D eigenvalue weighted by molar-refractivity contribution is -0.132. The molecule has 0 heterocycles. The molecule has 0 aromatic rings. The van der Waals surface area contributed by atoms with Crippen molar-refractivity contribution in [1.29, 1.82) is 0 Å². The first-order valence-electron chi connectivity index (χ1n) is 20.3. The van der Waals surface area contributed by atoms with Gasteiger partial charge in [-0.05, 0) is 25.7 Å². The van der Waals surface area contributed by atoms with Crippen molar-refractivity contribution >= 4 is 5.97 Å².